The maximum atomic E-state index is 12.1. The van der Waals surface area contributed by atoms with E-state index in [1.807, 2.05) is 13.8 Å². The third-order valence-corrected chi connectivity index (χ3v) is 4.32. The normalized spacial score (nSPS) is 13.5. The highest BCUT2D eigenvalue weighted by Crippen LogP contribution is 2.25. The van der Waals surface area contributed by atoms with Gasteiger partial charge in [-0.1, -0.05) is 13.8 Å². The van der Waals surface area contributed by atoms with Crippen molar-refractivity contribution in [3.8, 4) is 0 Å². The van der Waals surface area contributed by atoms with Crippen LogP contribution in [0.15, 0.2) is 4.79 Å². The maximum absolute atomic E-state index is 12.1. The first-order chi connectivity index (χ1) is 9.39. The molecule has 0 saturated carbocycles. The minimum Gasteiger partial charge on any atom is -0.396 e. The van der Waals surface area contributed by atoms with Gasteiger partial charge in [-0.3, -0.25) is 4.79 Å². The molecule has 1 unspecified atom stereocenters. The van der Waals surface area contributed by atoms with Crippen LogP contribution in [-0.4, -0.2) is 28.2 Å². The molecule has 0 aromatic carbocycles. The minimum absolute atomic E-state index is 0.0856. The Balaban J connectivity index is 2.87. The number of aliphatic hydroxyl groups is 1. The van der Waals surface area contributed by atoms with Gasteiger partial charge in [0.25, 0.3) is 5.56 Å². The van der Waals surface area contributed by atoms with Gasteiger partial charge in [-0.2, -0.15) is 0 Å². The molecule has 0 spiro atoms. The van der Waals surface area contributed by atoms with E-state index in [2.05, 4.69) is 29.1 Å². The van der Waals surface area contributed by atoms with Crippen molar-refractivity contribution in [2.24, 2.45) is 5.41 Å². The first-order valence-corrected chi connectivity index (χ1v) is 7.30. The fourth-order valence-corrected chi connectivity index (χ4v) is 2.50. The predicted molar refractivity (Wildman–Crippen MR) is 80.9 cm³/mol. The number of aryl methyl sites for hydroxylation is 2. The van der Waals surface area contributed by atoms with Crippen LogP contribution in [0.25, 0.3) is 0 Å². The molecule has 0 saturated heterocycles. The standard InChI is InChI=1S/C15H27N3O2/c1-6-15(7-2,9-19)8-16-10(3)13-11(4)17-12(5)18-14(13)20/h10,16,19H,6-9H2,1-5H3,(H,17,18,20). The Bertz CT molecular complexity index is 484. The molecule has 0 radical (unpaired) electrons. The van der Waals surface area contributed by atoms with Gasteiger partial charge in [0.05, 0.1) is 5.56 Å². The van der Waals surface area contributed by atoms with E-state index in [4.69, 9.17) is 0 Å². The highest BCUT2D eigenvalue weighted by molar-refractivity contribution is 5.20. The van der Waals surface area contributed by atoms with E-state index in [1.54, 1.807) is 6.92 Å². The fourth-order valence-electron chi connectivity index (χ4n) is 2.50. The Morgan fingerprint density at radius 3 is 2.40 bits per heavy atom. The average molecular weight is 281 g/mol. The lowest BCUT2D eigenvalue weighted by Crippen LogP contribution is -2.39. The quantitative estimate of drug-likeness (QED) is 0.712. The second-order valence-electron chi connectivity index (χ2n) is 5.62. The number of nitrogens with zero attached hydrogens (tertiary/aromatic N) is 1. The van der Waals surface area contributed by atoms with Crippen molar-refractivity contribution in [1.82, 2.24) is 15.3 Å². The molecule has 0 aliphatic carbocycles. The summed E-state index contributed by atoms with van der Waals surface area (Å²) >= 11 is 0. The molecular weight excluding hydrogens is 254 g/mol. The molecule has 0 aliphatic rings. The zero-order valence-electron chi connectivity index (χ0n) is 13.2. The summed E-state index contributed by atoms with van der Waals surface area (Å²) in [6, 6.07) is -0.0872. The summed E-state index contributed by atoms with van der Waals surface area (Å²) in [6.07, 6.45) is 1.81. The van der Waals surface area contributed by atoms with E-state index in [0.717, 1.165) is 18.5 Å². The zero-order valence-corrected chi connectivity index (χ0v) is 13.2. The third kappa shape index (κ3) is 3.67. The lowest BCUT2D eigenvalue weighted by molar-refractivity contribution is 0.110. The van der Waals surface area contributed by atoms with E-state index in [-0.39, 0.29) is 23.6 Å². The summed E-state index contributed by atoms with van der Waals surface area (Å²) in [4.78, 5) is 19.1. The number of hydrogen-bond acceptors (Lipinski definition) is 4. The molecule has 5 heteroatoms. The Morgan fingerprint density at radius 1 is 1.35 bits per heavy atom. The van der Waals surface area contributed by atoms with Gasteiger partial charge in [0.15, 0.2) is 0 Å². The van der Waals surface area contributed by atoms with Crippen LogP contribution in [0.2, 0.25) is 0 Å². The summed E-state index contributed by atoms with van der Waals surface area (Å²) in [5, 5.41) is 13.0. The van der Waals surface area contributed by atoms with Gasteiger partial charge in [0.2, 0.25) is 0 Å². The molecule has 1 aromatic heterocycles. The molecule has 20 heavy (non-hydrogen) atoms. The second kappa shape index (κ2) is 6.99. The first kappa shape index (κ1) is 16.9. The Hall–Kier alpha value is -1.20. The third-order valence-electron chi connectivity index (χ3n) is 4.32. The highest BCUT2D eigenvalue weighted by Gasteiger charge is 2.26. The number of nitrogens with one attached hydrogen (secondary N) is 2. The summed E-state index contributed by atoms with van der Waals surface area (Å²) in [5.41, 5.74) is 1.23. The molecule has 3 N–H and O–H groups in total. The van der Waals surface area contributed by atoms with Crippen molar-refractivity contribution >= 4 is 0 Å². The molecule has 114 valence electrons. The molecule has 5 nitrogen and oxygen atoms in total. The van der Waals surface area contributed by atoms with E-state index < -0.39 is 0 Å². The molecule has 0 fully saturated rings. The molecule has 1 heterocycles. The van der Waals surface area contributed by atoms with Crippen LogP contribution < -0.4 is 10.9 Å². The van der Waals surface area contributed by atoms with Crippen LogP contribution in [0, 0.1) is 19.3 Å². The second-order valence-corrected chi connectivity index (χ2v) is 5.62. The van der Waals surface area contributed by atoms with Crippen LogP contribution in [-0.2, 0) is 0 Å². The number of aromatic amines is 1. The van der Waals surface area contributed by atoms with Crippen molar-refractivity contribution in [3.63, 3.8) is 0 Å². The molecule has 1 rings (SSSR count). The number of rotatable bonds is 7. The van der Waals surface area contributed by atoms with E-state index >= 15 is 0 Å². The summed E-state index contributed by atoms with van der Waals surface area (Å²) in [6.45, 7) is 10.6. The van der Waals surface area contributed by atoms with E-state index in [9.17, 15) is 9.90 Å². The van der Waals surface area contributed by atoms with Crippen LogP contribution >= 0.6 is 0 Å². The van der Waals surface area contributed by atoms with Gasteiger partial charge in [-0.25, -0.2) is 4.98 Å². The molecule has 0 aliphatic heterocycles. The number of hydrogen-bond donors (Lipinski definition) is 3. The van der Waals surface area contributed by atoms with E-state index in [1.165, 1.54) is 0 Å². The maximum Gasteiger partial charge on any atom is 0.255 e. The topological polar surface area (TPSA) is 78.0 Å². The molecule has 0 amide bonds. The van der Waals surface area contributed by atoms with Crippen LogP contribution in [0.3, 0.4) is 0 Å². The molecule has 1 atom stereocenters. The average Bonchev–Trinajstić information content (AvgIpc) is 2.39. The number of aromatic nitrogens is 2. The molecule has 1 aromatic rings. The minimum atomic E-state index is -0.118. The Kier molecular flexibility index (Phi) is 5.89. The first-order valence-electron chi connectivity index (χ1n) is 7.30. The summed E-state index contributed by atoms with van der Waals surface area (Å²) < 4.78 is 0. The van der Waals surface area contributed by atoms with Crippen LogP contribution in [0.4, 0.5) is 0 Å². The summed E-state index contributed by atoms with van der Waals surface area (Å²) in [7, 11) is 0. The fraction of sp³-hybridized carbons (Fsp3) is 0.733. The monoisotopic (exact) mass is 281 g/mol. The van der Waals surface area contributed by atoms with Gasteiger partial charge in [-0.05, 0) is 33.6 Å². The van der Waals surface area contributed by atoms with Crippen molar-refractivity contribution < 1.29 is 5.11 Å². The number of aliphatic hydroxyl groups excluding tert-OH is 1. The molecular formula is C15H27N3O2. The Labute approximate surface area is 120 Å². The van der Waals surface area contributed by atoms with Crippen LogP contribution in [0.5, 0.6) is 0 Å². The van der Waals surface area contributed by atoms with Crippen molar-refractivity contribution in [2.45, 2.75) is 53.5 Å². The lowest BCUT2D eigenvalue weighted by Gasteiger charge is -2.31. The highest BCUT2D eigenvalue weighted by atomic mass is 16.3. The number of H-pyrrole nitrogens is 1. The van der Waals surface area contributed by atoms with Crippen molar-refractivity contribution in [1.29, 1.82) is 0 Å². The smallest absolute Gasteiger partial charge is 0.255 e. The van der Waals surface area contributed by atoms with Gasteiger partial charge in [-0.15, -0.1) is 0 Å². The predicted octanol–water partition coefficient (Wildman–Crippen LogP) is 1.84. The Morgan fingerprint density at radius 2 is 1.95 bits per heavy atom. The van der Waals surface area contributed by atoms with Gasteiger partial charge < -0.3 is 15.4 Å². The SMILES string of the molecule is CCC(CC)(CO)CNC(C)c1c(C)nc(C)[nH]c1=O. The molecule has 0 bridgehead atoms. The zero-order chi connectivity index (χ0) is 15.3. The summed E-state index contributed by atoms with van der Waals surface area (Å²) in [5.74, 6) is 0.635. The van der Waals surface area contributed by atoms with E-state index in [0.29, 0.717) is 17.9 Å². The van der Waals surface area contributed by atoms with Crippen molar-refractivity contribution in [3.05, 3.63) is 27.4 Å². The van der Waals surface area contributed by atoms with Gasteiger partial charge >= 0.3 is 0 Å². The van der Waals surface area contributed by atoms with Gasteiger partial charge in [0, 0.05) is 30.3 Å². The lowest BCUT2D eigenvalue weighted by atomic mass is 9.83. The van der Waals surface area contributed by atoms with Crippen LogP contribution in [0.1, 0.15) is 56.7 Å². The van der Waals surface area contributed by atoms with Crippen molar-refractivity contribution in [2.75, 3.05) is 13.2 Å². The van der Waals surface area contributed by atoms with Gasteiger partial charge in [0.1, 0.15) is 5.82 Å². The largest absolute Gasteiger partial charge is 0.396 e.